The van der Waals surface area contributed by atoms with Gasteiger partial charge in [-0.05, 0) is 55.8 Å². The normalized spacial score (nSPS) is 16.1. The van der Waals surface area contributed by atoms with Gasteiger partial charge in [0.2, 0.25) is 5.60 Å². The predicted octanol–water partition coefficient (Wildman–Crippen LogP) is 3.81. The zero-order valence-electron chi connectivity index (χ0n) is 22.6. The second-order valence-corrected chi connectivity index (χ2v) is 14.1. The Morgan fingerprint density at radius 2 is 1.76 bits per heavy atom. The first-order chi connectivity index (χ1) is 19.4. The number of carbonyl (C=O) groups excluding carboxylic acids is 1. The van der Waals surface area contributed by atoms with Crippen LogP contribution in [0.2, 0.25) is 0 Å². The molecule has 1 aliphatic rings. The second-order valence-electron chi connectivity index (χ2n) is 10.2. The van der Waals surface area contributed by atoms with E-state index in [-0.39, 0.29) is 39.9 Å². The summed E-state index contributed by atoms with van der Waals surface area (Å²) in [4.78, 5) is 15.9. The molecule has 0 fully saturated rings. The van der Waals surface area contributed by atoms with Crippen LogP contribution >= 0.6 is 0 Å². The van der Waals surface area contributed by atoms with Crippen LogP contribution in [-0.2, 0) is 42.9 Å². The number of esters is 1. The van der Waals surface area contributed by atoms with Crippen molar-refractivity contribution in [1.29, 1.82) is 0 Å². The van der Waals surface area contributed by atoms with Crippen LogP contribution in [-0.4, -0.2) is 62.5 Å². The van der Waals surface area contributed by atoms with Crippen molar-refractivity contribution in [1.82, 2.24) is 9.55 Å². The minimum Gasteiger partial charge on any atom is -0.486 e. The van der Waals surface area contributed by atoms with Crippen LogP contribution in [0, 0.1) is 5.82 Å². The highest BCUT2D eigenvalue weighted by molar-refractivity contribution is 7.93. The number of ether oxygens (including phenoxy) is 2. The van der Waals surface area contributed by atoms with E-state index in [1.807, 2.05) is 0 Å². The fourth-order valence-corrected chi connectivity index (χ4v) is 6.88. The smallest absolute Gasteiger partial charge is 0.427 e. The van der Waals surface area contributed by atoms with Gasteiger partial charge in [-0.3, -0.25) is 9.10 Å². The van der Waals surface area contributed by atoms with E-state index in [0.29, 0.717) is 13.8 Å². The van der Waals surface area contributed by atoms with E-state index in [4.69, 9.17) is 4.74 Å². The van der Waals surface area contributed by atoms with Gasteiger partial charge in [0.25, 0.3) is 10.0 Å². The maximum Gasteiger partial charge on any atom is 0.427 e. The number of rotatable bonds is 9. The molecule has 4 rings (SSSR count). The van der Waals surface area contributed by atoms with Crippen LogP contribution in [0.15, 0.2) is 64.9 Å². The van der Waals surface area contributed by atoms with Crippen LogP contribution in [0.3, 0.4) is 0 Å². The largest absolute Gasteiger partial charge is 0.486 e. The summed E-state index contributed by atoms with van der Waals surface area (Å²) in [7, 11) is -6.58. The number of imidazole rings is 1. The molecule has 0 aliphatic carbocycles. The van der Waals surface area contributed by atoms with Crippen molar-refractivity contribution in [3.63, 3.8) is 0 Å². The lowest BCUT2D eigenvalue weighted by molar-refractivity contribution is -0.257. The highest BCUT2D eigenvalue weighted by atomic mass is 32.2. The molecule has 16 heteroatoms. The van der Waals surface area contributed by atoms with Crippen LogP contribution in [0.4, 0.5) is 23.2 Å². The zero-order valence-corrected chi connectivity index (χ0v) is 24.3. The molecule has 1 aliphatic heterocycles. The minimum absolute atomic E-state index is 0.0277. The molecule has 42 heavy (non-hydrogen) atoms. The molecular weight excluding hydrogens is 606 g/mol. The fraction of sp³-hybridized carbons (Fsp3) is 0.385. The summed E-state index contributed by atoms with van der Waals surface area (Å²) in [5.74, 6) is -2.25. The molecule has 228 valence electrons. The molecule has 2 aromatic carbocycles. The Kier molecular flexibility index (Phi) is 8.34. The Hall–Kier alpha value is -3.66. The third kappa shape index (κ3) is 6.69. The van der Waals surface area contributed by atoms with E-state index in [0.717, 1.165) is 28.6 Å². The number of sulfone groups is 1. The monoisotopic (exact) mass is 633 g/mol. The number of hydrogen-bond acceptors (Lipinski definition) is 8. The van der Waals surface area contributed by atoms with Crippen molar-refractivity contribution < 1.29 is 48.7 Å². The molecule has 0 saturated carbocycles. The van der Waals surface area contributed by atoms with E-state index in [1.54, 1.807) is 7.05 Å². The van der Waals surface area contributed by atoms with Gasteiger partial charge in [0.1, 0.15) is 17.7 Å². The molecule has 0 radical (unpaired) electrons. The Balaban J connectivity index is 1.64. The predicted molar refractivity (Wildman–Crippen MR) is 142 cm³/mol. The standard InChI is InChI=1S/C26H27F4N3O7S2/c1-25(2,26(28,29)30)40-24(34)13-17-4-9-22-21(12-17)33(42(37,38)20-7-5-18(27)6-8-20)14-19(39-22)10-11-41(35,36)23-15-32(3)16-31-23/h4-9,12,15-16,19H,10-11,13-14H2,1-3H3/t19-/m0/s1. The van der Waals surface area contributed by atoms with E-state index >= 15 is 0 Å². The number of benzene rings is 2. The van der Waals surface area contributed by atoms with Gasteiger partial charge < -0.3 is 14.0 Å². The van der Waals surface area contributed by atoms with E-state index < -0.39 is 61.7 Å². The fourth-order valence-electron chi connectivity index (χ4n) is 4.07. The summed E-state index contributed by atoms with van der Waals surface area (Å²) in [6.45, 7) is 1.06. The lowest BCUT2D eigenvalue weighted by Gasteiger charge is -2.36. The summed E-state index contributed by atoms with van der Waals surface area (Å²) in [5, 5.41) is -0.151. The van der Waals surface area contributed by atoms with E-state index in [1.165, 1.54) is 35.3 Å². The Morgan fingerprint density at radius 1 is 1.10 bits per heavy atom. The van der Waals surface area contributed by atoms with Gasteiger partial charge in [0.05, 0.1) is 35.6 Å². The second kappa shape index (κ2) is 11.2. The molecular formula is C26H27F4N3O7S2. The number of hydrogen-bond donors (Lipinski definition) is 0. The summed E-state index contributed by atoms with van der Waals surface area (Å²) < 4.78 is 119. The Bertz CT molecular complexity index is 1690. The average Bonchev–Trinajstić information content (AvgIpc) is 3.33. The number of alkyl halides is 3. The third-order valence-corrected chi connectivity index (χ3v) is 9.88. The molecule has 0 amide bonds. The highest BCUT2D eigenvalue weighted by Crippen LogP contribution is 2.39. The van der Waals surface area contributed by atoms with Gasteiger partial charge in [-0.15, -0.1) is 0 Å². The maximum atomic E-state index is 13.7. The molecule has 2 heterocycles. The number of aryl methyl sites for hydroxylation is 1. The number of anilines is 1. The van der Waals surface area contributed by atoms with Crippen LogP contribution < -0.4 is 9.04 Å². The van der Waals surface area contributed by atoms with Crippen LogP contribution in [0.5, 0.6) is 5.75 Å². The molecule has 0 saturated heterocycles. The van der Waals surface area contributed by atoms with Crippen molar-refractivity contribution >= 4 is 31.5 Å². The SMILES string of the molecule is Cn1cnc(S(=O)(=O)CC[C@H]2CN(S(=O)(=O)c3ccc(F)cc3)c3cc(CC(=O)OC(C)(C)C(F)(F)F)ccc3O2)c1. The maximum absolute atomic E-state index is 13.7. The topological polar surface area (TPSA) is 125 Å². The van der Waals surface area contributed by atoms with Crippen molar-refractivity contribution in [3.05, 3.63) is 66.4 Å². The number of halogens is 4. The summed E-state index contributed by atoms with van der Waals surface area (Å²) in [6.07, 6.45) is -3.81. The molecule has 0 bridgehead atoms. The lowest BCUT2D eigenvalue weighted by Crippen LogP contribution is -2.44. The number of aromatic nitrogens is 2. The quantitative estimate of drug-likeness (QED) is 0.258. The number of fused-ring (bicyclic) bond motifs is 1. The molecule has 1 aromatic heterocycles. The highest BCUT2D eigenvalue weighted by Gasteiger charge is 2.50. The van der Waals surface area contributed by atoms with Gasteiger partial charge in [-0.25, -0.2) is 26.2 Å². The first kappa shape index (κ1) is 31.3. The van der Waals surface area contributed by atoms with Crippen molar-refractivity contribution in [2.45, 2.75) is 54.5 Å². The summed E-state index contributed by atoms with van der Waals surface area (Å²) in [6, 6.07) is 7.98. The molecule has 1 atom stereocenters. The van der Waals surface area contributed by atoms with Crippen molar-refractivity contribution in [3.8, 4) is 5.75 Å². The van der Waals surface area contributed by atoms with Gasteiger partial charge in [-0.1, -0.05) is 6.07 Å². The molecule has 3 aromatic rings. The van der Waals surface area contributed by atoms with Crippen LogP contribution in [0.25, 0.3) is 0 Å². The van der Waals surface area contributed by atoms with Gasteiger partial charge in [0, 0.05) is 19.7 Å². The summed E-state index contributed by atoms with van der Waals surface area (Å²) in [5.41, 5.74) is -2.65. The molecule has 0 spiro atoms. The third-order valence-electron chi connectivity index (χ3n) is 6.47. The Labute approximate surface area is 239 Å². The number of nitrogens with zero attached hydrogens (tertiary/aromatic N) is 3. The van der Waals surface area contributed by atoms with Crippen molar-refractivity contribution in [2.75, 3.05) is 16.6 Å². The van der Waals surface area contributed by atoms with Crippen LogP contribution in [0.1, 0.15) is 25.8 Å². The Morgan fingerprint density at radius 3 is 2.36 bits per heavy atom. The van der Waals surface area contributed by atoms with E-state index in [9.17, 15) is 39.2 Å². The minimum atomic E-state index is -4.81. The number of sulfonamides is 1. The van der Waals surface area contributed by atoms with Gasteiger partial charge in [0.15, 0.2) is 14.9 Å². The van der Waals surface area contributed by atoms with Gasteiger partial charge in [-0.2, -0.15) is 13.2 Å². The lowest BCUT2D eigenvalue weighted by atomic mass is 10.1. The molecule has 0 N–H and O–H groups in total. The first-order valence-corrected chi connectivity index (χ1v) is 15.6. The first-order valence-electron chi connectivity index (χ1n) is 12.5. The molecule has 0 unspecified atom stereocenters. The average molecular weight is 634 g/mol. The zero-order chi connectivity index (χ0) is 31.1. The number of carbonyl (C=O) groups is 1. The van der Waals surface area contributed by atoms with E-state index in [2.05, 4.69) is 9.72 Å². The summed E-state index contributed by atoms with van der Waals surface area (Å²) >= 11 is 0. The van der Waals surface area contributed by atoms with Gasteiger partial charge >= 0.3 is 12.1 Å². The molecule has 10 nitrogen and oxygen atoms in total. The van der Waals surface area contributed by atoms with Crippen molar-refractivity contribution in [2.24, 2.45) is 7.05 Å².